The number of carbonyl (C=O) groups is 2. The molecule has 128 valence electrons. The van der Waals surface area contributed by atoms with E-state index in [0.717, 1.165) is 34.6 Å². The van der Waals surface area contributed by atoms with E-state index in [-0.39, 0.29) is 17.6 Å². The molecule has 2 amide bonds. The number of aryl methyl sites for hydroxylation is 1. The van der Waals surface area contributed by atoms with E-state index in [1.54, 1.807) is 0 Å². The molecule has 0 spiro atoms. The number of fused-ring (bicyclic) bond motifs is 3. The van der Waals surface area contributed by atoms with Gasteiger partial charge in [0.05, 0.1) is 0 Å². The van der Waals surface area contributed by atoms with Gasteiger partial charge in [-0.3, -0.25) is 9.59 Å². The van der Waals surface area contributed by atoms with Crippen LogP contribution in [-0.4, -0.2) is 24.4 Å². The highest BCUT2D eigenvalue weighted by Crippen LogP contribution is 2.31. The summed E-state index contributed by atoms with van der Waals surface area (Å²) in [5, 5.41) is 8.64. The highest BCUT2D eigenvalue weighted by molar-refractivity contribution is 6.09. The molecule has 5 nitrogen and oxygen atoms in total. The molecule has 0 saturated carbocycles. The summed E-state index contributed by atoms with van der Waals surface area (Å²) in [5.41, 5.74) is 1.51. The molecule has 1 atom stereocenters. The summed E-state index contributed by atoms with van der Waals surface area (Å²) in [7, 11) is 0. The molecule has 3 aromatic rings. The van der Waals surface area contributed by atoms with E-state index in [4.69, 9.17) is 4.42 Å². The van der Waals surface area contributed by atoms with Crippen molar-refractivity contribution in [3.8, 4) is 0 Å². The normalized spacial score (nSPS) is 18.1. The van der Waals surface area contributed by atoms with Crippen molar-refractivity contribution in [3.63, 3.8) is 0 Å². The van der Waals surface area contributed by atoms with Crippen molar-refractivity contribution in [2.45, 2.75) is 32.2 Å². The van der Waals surface area contributed by atoms with E-state index in [9.17, 15) is 9.59 Å². The van der Waals surface area contributed by atoms with Crippen LogP contribution in [-0.2, 0) is 4.79 Å². The average molecular weight is 336 g/mol. The smallest absolute Gasteiger partial charge is 0.287 e. The van der Waals surface area contributed by atoms with Gasteiger partial charge >= 0.3 is 0 Å². The second kappa shape index (κ2) is 6.24. The van der Waals surface area contributed by atoms with Gasteiger partial charge in [-0.2, -0.15) is 0 Å². The van der Waals surface area contributed by atoms with Crippen LogP contribution in [0, 0.1) is 6.92 Å². The molecule has 2 heterocycles. The minimum Gasteiger partial charge on any atom is -0.450 e. The van der Waals surface area contributed by atoms with Crippen LogP contribution in [0.3, 0.4) is 0 Å². The fourth-order valence-electron chi connectivity index (χ4n) is 3.47. The molecule has 0 unspecified atom stereocenters. The van der Waals surface area contributed by atoms with Gasteiger partial charge in [0.25, 0.3) is 5.91 Å². The quantitative estimate of drug-likeness (QED) is 0.754. The van der Waals surface area contributed by atoms with Crippen molar-refractivity contribution in [2.24, 2.45) is 0 Å². The third-order valence-corrected chi connectivity index (χ3v) is 4.88. The molecule has 1 aromatic heterocycles. The maximum Gasteiger partial charge on any atom is 0.287 e. The predicted molar refractivity (Wildman–Crippen MR) is 96.6 cm³/mol. The number of benzene rings is 2. The van der Waals surface area contributed by atoms with Crippen LogP contribution >= 0.6 is 0 Å². The molecular formula is C20H20N2O3. The number of hydrogen-bond donors (Lipinski definition) is 2. The standard InChI is InChI=1S/C20H20N2O3/c1-12-14-10-9-13-6-2-3-7-15(13)18(14)25-17(12)20(24)22-16-8-4-5-11-21-19(16)23/h2-3,6-7,9-10,16H,4-5,8,11H2,1H3,(H,21,23)(H,22,24)/t16-/m1/s1. The van der Waals surface area contributed by atoms with Crippen LogP contribution in [0.15, 0.2) is 40.8 Å². The second-order valence-corrected chi connectivity index (χ2v) is 6.53. The highest BCUT2D eigenvalue weighted by atomic mass is 16.3. The monoisotopic (exact) mass is 336 g/mol. The van der Waals surface area contributed by atoms with Crippen LogP contribution in [0.4, 0.5) is 0 Å². The van der Waals surface area contributed by atoms with E-state index in [1.807, 2.05) is 43.3 Å². The van der Waals surface area contributed by atoms with Crippen molar-refractivity contribution in [1.82, 2.24) is 10.6 Å². The molecule has 0 aliphatic carbocycles. The highest BCUT2D eigenvalue weighted by Gasteiger charge is 2.26. The van der Waals surface area contributed by atoms with Gasteiger partial charge in [-0.25, -0.2) is 0 Å². The Hall–Kier alpha value is -2.82. The van der Waals surface area contributed by atoms with Crippen molar-refractivity contribution in [3.05, 3.63) is 47.7 Å². The Labute approximate surface area is 145 Å². The van der Waals surface area contributed by atoms with Gasteiger partial charge < -0.3 is 15.1 Å². The number of carbonyl (C=O) groups excluding carboxylic acids is 2. The maximum absolute atomic E-state index is 12.7. The molecule has 5 heteroatoms. The first-order valence-electron chi connectivity index (χ1n) is 8.64. The zero-order valence-electron chi connectivity index (χ0n) is 14.1. The topological polar surface area (TPSA) is 71.3 Å². The Kier molecular flexibility index (Phi) is 3.92. The van der Waals surface area contributed by atoms with Gasteiger partial charge in [-0.1, -0.05) is 36.4 Å². The Morgan fingerprint density at radius 1 is 1.16 bits per heavy atom. The third kappa shape index (κ3) is 2.76. The molecule has 0 bridgehead atoms. The first-order valence-corrected chi connectivity index (χ1v) is 8.64. The molecule has 1 fully saturated rings. The summed E-state index contributed by atoms with van der Waals surface area (Å²) in [5.74, 6) is -0.173. The molecule has 25 heavy (non-hydrogen) atoms. The van der Waals surface area contributed by atoms with Crippen LogP contribution < -0.4 is 10.6 Å². The summed E-state index contributed by atoms with van der Waals surface area (Å²) >= 11 is 0. The third-order valence-electron chi connectivity index (χ3n) is 4.88. The molecule has 1 aliphatic heterocycles. The van der Waals surface area contributed by atoms with Crippen molar-refractivity contribution >= 4 is 33.6 Å². The van der Waals surface area contributed by atoms with Crippen LogP contribution in [0.1, 0.15) is 35.4 Å². The van der Waals surface area contributed by atoms with Crippen LogP contribution in [0.25, 0.3) is 21.7 Å². The fraction of sp³-hybridized carbons (Fsp3) is 0.300. The minimum atomic E-state index is -0.501. The summed E-state index contributed by atoms with van der Waals surface area (Å²) in [6, 6.07) is 11.4. The van der Waals surface area contributed by atoms with Gasteiger partial charge in [0, 0.05) is 22.9 Å². The van der Waals surface area contributed by atoms with Crippen LogP contribution in [0.2, 0.25) is 0 Å². The molecule has 4 rings (SSSR count). The SMILES string of the molecule is Cc1c(C(=O)N[C@@H]2CCCCNC2=O)oc2c1ccc1ccccc12. The Balaban J connectivity index is 1.71. The van der Waals surface area contributed by atoms with Crippen molar-refractivity contribution in [2.75, 3.05) is 6.54 Å². The van der Waals surface area contributed by atoms with E-state index in [1.165, 1.54) is 0 Å². The van der Waals surface area contributed by atoms with Crippen LogP contribution in [0.5, 0.6) is 0 Å². The number of amides is 2. The zero-order valence-corrected chi connectivity index (χ0v) is 14.1. The summed E-state index contributed by atoms with van der Waals surface area (Å²) in [6.45, 7) is 2.55. The van der Waals surface area contributed by atoms with Gasteiger partial charge in [0.15, 0.2) is 5.76 Å². The van der Waals surface area contributed by atoms with Gasteiger partial charge in [0.2, 0.25) is 5.91 Å². The lowest BCUT2D eigenvalue weighted by molar-refractivity contribution is -0.122. The lowest BCUT2D eigenvalue weighted by atomic mass is 10.1. The summed E-state index contributed by atoms with van der Waals surface area (Å²) in [6.07, 6.45) is 2.50. The fourth-order valence-corrected chi connectivity index (χ4v) is 3.47. The number of rotatable bonds is 2. The largest absolute Gasteiger partial charge is 0.450 e. The van der Waals surface area contributed by atoms with Gasteiger partial charge in [-0.15, -0.1) is 0 Å². The van der Waals surface area contributed by atoms with Crippen molar-refractivity contribution < 1.29 is 14.0 Å². The van der Waals surface area contributed by atoms with Gasteiger partial charge in [0.1, 0.15) is 11.6 Å². The number of hydrogen-bond acceptors (Lipinski definition) is 3. The summed E-state index contributed by atoms with van der Waals surface area (Å²) < 4.78 is 5.94. The van der Waals surface area contributed by atoms with E-state index in [2.05, 4.69) is 10.6 Å². The van der Waals surface area contributed by atoms with E-state index >= 15 is 0 Å². The maximum atomic E-state index is 12.7. The molecule has 1 saturated heterocycles. The Morgan fingerprint density at radius 3 is 2.88 bits per heavy atom. The predicted octanol–water partition coefficient (Wildman–Crippen LogP) is 3.29. The Bertz CT molecular complexity index is 974. The average Bonchev–Trinajstić information content (AvgIpc) is 2.84. The summed E-state index contributed by atoms with van der Waals surface area (Å²) in [4.78, 5) is 24.8. The van der Waals surface area contributed by atoms with E-state index < -0.39 is 6.04 Å². The molecule has 2 aromatic carbocycles. The molecule has 2 N–H and O–H groups in total. The number of furan rings is 1. The first-order chi connectivity index (χ1) is 12.1. The van der Waals surface area contributed by atoms with Crippen molar-refractivity contribution in [1.29, 1.82) is 0 Å². The lowest BCUT2D eigenvalue weighted by Crippen LogP contribution is -2.45. The minimum absolute atomic E-state index is 0.120. The molecule has 0 radical (unpaired) electrons. The molecule has 1 aliphatic rings. The number of nitrogens with one attached hydrogen (secondary N) is 2. The van der Waals surface area contributed by atoms with E-state index in [0.29, 0.717) is 18.5 Å². The molecular weight excluding hydrogens is 316 g/mol. The van der Waals surface area contributed by atoms with Gasteiger partial charge in [-0.05, 0) is 31.6 Å². The second-order valence-electron chi connectivity index (χ2n) is 6.53. The lowest BCUT2D eigenvalue weighted by Gasteiger charge is -2.14. The first kappa shape index (κ1) is 15.7. The Morgan fingerprint density at radius 2 is 2.00 bits per heavy atom. The zero-order chi connectivity index (χ0) is 17.4.